The highest BCUT2D eigenvalue weighted by atomic mass is 33.1. The Morgan fingerprint density at radius 2 is 0.960 bits per heavy atom. The normalized spacial score (nSPS) is 44.4. The van der Waals surface area contributed by atoms with Gasteiger partial charge >= 0.3 is 0 Å². The molecule has 8 saturated heterocycles. The van der Waals surface area contributed by atoms with E-state index in [1.54, 1.807) is 23.9 Å². The highest BCUT2D eigenvalue weighted by Gasteiger charge is 2.93. The quantitative estimate of drug-likeness (QED) is 0.342. The Morgan fingerprint density at radius 3 is 1.32 bits per heavy atom. The molecule has 16 heteroatoms. The summed E-state index contributed by atoms with van der Waals surface area (Å²) in [7, 11) is 8.25. The van der Waals surface area contributed by atoms with Gasteiger partial charge < -0.3 is 30.6 Å². The molecular weight excluding hydrogens is 717 g/mol. The fraction of sp³-hybridized carbons (Fsp3) is 0.529. The molecular formula is C34H36N6O6S4. The van der Waals surface area contributed by atoms with Gasteiger partial charge in [0.2, 0.25) is 9.74 Å². The van der Waals surface area contributed by atoms with Crippen LogP contribution in [0.4, 0.5) is 11.4 Å². The minimum Gasteiger partial charge on any atom is -0.388 e. The van der Waals surface area contributed by atoms with E-state index in [1.807, 2.05) is 76.2 Å². The number of hydrogen-bond donors (Lipinski definition) is 4. The number of nitrogens with zero attached hydrogens (tertiary/aromatic N) is 4. The van der Waals surface area contributed by atoms with E-state index in [0.29, 0.717) is 22.5 Å². The Balaban J connectivity index is 1.33. The van der Waals surface area contributed by atoms with Crippen molar-refractivity contribution in [2.45, 2.75) is 82.5 Å². The number of aliphatic hydroxyl groups is 2. The third-order valence-corrected chi connectivity index (χ3v) is 20.9. The molecule has 12 nitrogen and oxygen atoms in total. The van der Waals surface area contributed by atoms with Gasteiger partial charge in [0.1, 0.15) is 24.5 Å². The number of aliphatic hydroxyl groups excluding tert-OH is 2. The number of piperazine rings is 2. The molecule has 0 aromatic heterocycles. The van der Waals surface area contributed by atoms with Crippen molar-refractivity contribution >= 4 is 78.2 Å². The van der Waals surface area contributed by atoms with Crippen LogP contribution in [-0.4, -0.2) is 112 Å². The van der Waals surface area contributed by atoms with Crippen molar-refractivity contribution in [2.24, 2.45) is 11.8 Å². The SMILES string of the molecule is CC(C)[C@@]12SS[C@]3(C(=O)N1C)[C@@H](O)[C@]1([C@]45c6ccccc6N[C@H]4N4C(=O)[C@]6(C(C)C)SS[C@]4(C(=O)N6C)[C@H]5O)c4ccccc4N[C@@H]1N3C2=O. The van der Waals surface area contributed by atoms with E-state index in [4.69, 9.17) is 0 Å². The van der Waals surface area contributed by atoms with Gasteiger partial charge in [-0.15, -0.1) is 0 Å². The van der Waals surface area contributed by atoms with Crippen LogP contribution in [0, 0.1) is 11.8 Å². The van der Waals surface area contributed by atoms with Crippen molar-refractivity contribution in [3.63, 3.8) is 0 Å². The predicted molar refractivity (Wildman–Crippen MR) is 193 cm³/mol. The first kappa shape index (κ1) is 31.9. The number of benzene rings is 2. The lowest BCUT2D eigenvalue weighted by Crippen LogP contribution is -2.79. The zero-order chi connectivity index (χ0) is 35.3. The van der Waals surface area contributed by atoms with E-state index >= 15 is 9.59 Å². The molecule has 50 heavy (non-hydrogen) atoms. The lowest BCUT2D eigenvalue weighted by atomic mass is 9.52. The Labute approximate surface area is 304 Å². The van der Waals surface area contributed by atoms with Gasteiger partial charge in [-0.2, -0.15) is 0 Å². The maximum absolute atomic E-state index is 15.2. The van der Waals surface area contributed by atoms with Crippen LogP contribution < -0.4 is 10.6 Å². The number of fused-ring (bicyclic) bond motifs is 11. The zero-order valence-corrected chi connectivity index (χ0v) is 31.3. The van der Waals surface area contributed by atoms with Gasteiger partial charge in [-0.3, -0.25) is 29.0 Å². The Bertz CT molecular complexity index is 1870. The molecule has 2 aromatic carbocycles. The first-order chi connectivity index (χ1) is 23.7. The summed E-state index contributed by atoms with van der Waals surface area (Å²) in [6.45, 7) is 7.66. The number of hydrogen-bond acceptors (Lipinski definition) is 12. The standard InChI is InChI=1S/C34H36N6O6S4/c1-15(2)31-27(45)39-23-29(17-11-7-9-13-19(17)35-23,21(41)33(39,49-47-31)25(43)37(31)5)30-18-12-8-10-14-20(18)36-24(30)40-28(46)32(16(3)4)38(6)26(44)34(40,22(30)42)50-48-32/h7-16,21-24,35-36,41-42H,1-6H3/t21-,22-,23-,24+,29-,30+,31-,32-,33-,34-/m0/s1. The number of amides is 4. The molecule has 0 aliphatic carbocycles. The van der Waals surface area contributed by atoms with Crippen LogP contribution in [-0.2, 0) is 30.0 Å². The van der Waals surface area contributed by atoms with E-state index in [9.17, 15) is 19.8 Å². The second kappa shape index (κ2) is 9.23. The summed E-state index contributed by atoms with van der Waals surface area (Å²) in [5, 5.41) is 34.2. The number of rotatable bonds is 3. The Kier molecular flexibility index (Phi) is 5.90. The van der Waals surface area contributed by atoms with Gasteiger partial charge in [0.25, 0.3) is 23.6 Å². The van der Waals surface area contributed by atoms with Crippen molar-refractivity contribution in [3.8, 4) is 0 Å². The topological polar surface area (TPSA) is 146 Å². The summed E-state index contributed by atoms with van der Waals surface area (Å²) in [6.07, 6.45) is -5.27. The summed E-state index contributed by atoms with van der Waals surface area (Å²) < 4.78 is 0. The third-order valence-electron chi connectivity index (χ3n) is 13.1. The first-order valence-electron chi connectivity index (χ1n) is 16.8. The van der Waals surface area contributed by atoms with E-state index in [2.05, 4.69) is 10.6 Å². The predicted octanol–water partition coefficient (Wildman–Crippen LogP) is 2.60. The molecule has 10 atom stereocenters. The summed E-state index contributed by atoms with van der Waals surface area (Å²) in [5.41, 5.74) is -0.799. The molecule has 0 unspecified atom stereocenters. The van der Waals surface area contributed by atoms with Crippen molar-refractivity contribution in [1.29, 1.82) is 0 Å². The number of likely N-dealkylation sites (N-methyl/N-ethyl adjacent to an activating group) is 2. The second-order valence-electron chi connectivity index (χ2n) is 15.2. The minimum absolute atomic E-state index is 0.276. The number of para-hydroxylation sites is 2. The molecule has 262 valence electrons. The maximum atomic E-state index is 15.2. The fourth-order valence-electron chi connectivity index (χ4n) is 11.0. The lowest BCUT2D eigenvalue weighted by Gasteiger charge is -2.60. The van der Waals surface area contributed by atoms with Gasteiger partial charge in [0, 0.05) is 25.5 Å². The Hall–Kier alpha value is -2.76. The lowest BCUT2D eigenvalue weighted by molar-refractivity contribution is -0.169. The van der Waals surface area contributed by atoms with Gasteiger partial charge in [0.05, 0.1) is 10.8 Å². The second-order valence-corrected chi connectivity index (χ2v) is 20.4. The number of anilines is 2. The van der Waals surface area contributed by atoms with Crippen LogP contribution >= 0.6 is 43.2 Å². The van der Waals surface area contributed by atoms with E-state index in [1.165, 1.54) is 53.0 Å². The van der Waals surface area contributed by atoms with Gasteiger partial charge in [0.15, 0.2) is 9.74 Å². The molecule has 8 fully saturated rings. The summed E-state index contributed by atoms with van der Waals surface area (Å²) in [6, 6.07) is 14.9. The van der Waals surface area contributed by atoms with E-state index < -0.39 is 66.7 Å². The largest absolute Gasteiger partial charge is 0.388 e. The minimum atomic E-state index is -1.78. The number of nitrogens with one attached hydrogen (secondary N) is 2. The van der Waals surface area contributed by atoms with Crippen LogP contribution in [0.25, 0.3) is 0 Å². The van der Waals surface area contributed by atoms with Crippen molar-refractivity contribution in [1.82, 2.24) is 19.6 Å². The molecule has 4 N–H and O–H groups in total. The summed E-state index contributed by atoms with van der Waals surface area (Å²) in [4.78, 5) is 60.2. The molecule has 0 radical (unpaired) electrons. The van der Waals surface area contributed by atoms with Crippen LogP contribution in [0.3, 0.4) is 0 Å². The number of carbonyl (C=O) groups is 4. The average molecular weight is 753 g/mol. The smallest absolute Gasteiger partial charge is 0.264 e. The Morgan fingerprint density at radius 1 is 0.600 bits per heavy atom. The first-order valence-corrected chi connectivity index (χ1v) is 21.1. The highest BCUT2D eigenvalue weighted by Crippen LogP contribution is 2.79. The summed E-state index contributed by atoms with van der Waals surface area (Å²) >= 11 is 0. The monoisotopic (exact) mass is 752 g/mol. The number of carbonyl (C=O) groups excluding carboxylic acids is 4. The summed E-state index contributed by atoms with van der Waals surface area (Å²) in [5.74, 6) is -1.97. The molecule has 2 aromatic rings. The van der Waals surface area contributed by atoms with Crippen molar-refractivity contribution < 1.29 is 29.4 Å². The van der Waals surface area contributed by atoms with Gasteiger partial charge in [-0.1, -0.05) is 85.7 Å². The van der Waals surface area contributed by atoms with Crippen molar-refractivity contribution in [2.75, 3.05) is 24.7 Å². The molecule has 4 bridgehead atoms. The molecule has 0 saturated carbocycles. The van der Waals surface area contributed by atoms with Gasteiger partial charge in [-0.25, -0.2) is 0 Å². The molecule has 10 aliphatic heterocycles. The highest BCUT2D eigenvalue weighted by molar-refractivity contribution is 8.78. The molecule has 10 heterocycles. The van der Waals surface area contributed by atoms with Crippen molar-refractivity contribution in [3.05, 3.63) is 59.7 Å². The molecule has 4 amide bonds. The van der Waals surface area contributed by atoms with E-state index in [-0.39, 0.29) is 23.7 Å². The van der Waals surface area contributed by atoms with E-state index in [0.717, 1.165) is 0 Å². The maximum Gasteiger partial charge on any atom is 0.264 e. The van der Waals surface area contributed by atoms with Crippen LogP contribution in [0.2, 0.25) is 0 Å². The van der Waals surface area contributed by atoms with Crippen LogP contribution in [0.15, 0.2) is 48.5 Å². The zero-order valence-electron chi connectivity index (χ0n) is 28.0. The molecule has 12 rings (SSSR count). The van der Waals surface area contributed by atoms with Gasteiger partial charge in [-0.05, 0) is 56.7 Å². The van der Waals surface area contributed by atoms with Crippen LogP contribution in [0.5, 0.6) is 0 Å². The average Bonchev–Trinajstić information content (AvgIpc) is 3.74. The molecule has 2 spiro atoms. The van der Waals surface area contributed by atoms with Crippen LogP contribution in [0.1, 0.15) is 38.8 Å². The third kappa shape index (κ3) is 2.67. The fourth-order valence-corrected chi connectivity index (χ4v) is 19.4. The molecule has 10 aliphatic rings.